The second-order valence-corrected chi connectivity index (χ2v) is 2.01. The summed E-state index contributed by atoms with van der Waals surface area (Å²) in [6, 6.07) is -1.57. The standard InChI is InChI=1S/C7H10F3N.C2H4/c1-3-5(4(2)8)6(11)7(9)10;1-2/h3,6-7H,2,11H2,1H3;1-2H2/b5-3+;. The minimum Gasteiger partial charge on any atom is -0.319 e. The first-order valence-corrected chi connectivity index (χ1v) is 3.55. The lowest BCUT2D eigenvalue weighted by atomic mass is 10.1. The zero-order valence-corrected chi connectivity index (χ0v) is 7.56. The Hall–Kier alpha value is -1.03. The lowest BCUT2D eigenvalue weighted by molar-refractivity contribution is 0.128. The Morgan fingerprint density at radius 1 is 1.38 bits per heavy atom. The van der Waals surface area contributed by atoms with Gasteiger partial charge in [0, 0.05) is 5.57 Å². The average molecular weight is 193 g/mol. The molecule has 0 aliphatic rings. The molecule has 0 radical (unpaired) electrons. The number of allylic oxidation sites excluding steroid dienone is 1. The quantitative estimate of drug-likeness (QED) is 0.541. The largest absolute Gasteiger partial charge is 0.319 e. The van der Waals surface area contributed by atoms with E-state index in [4.69, 9.17) is 5.73 Å². The van der Waals surface area contributed by atoms with Crippen LogP contribution in [0.2, 0.25) is 0 Å². The van der Waals surface area contributed by atoms with E-state index in [2.05, 4.69) is 19.7 Å². The van der Waals surface area contributed by atoms with Crippen molar-refractivity contribution in [1.29, 1.82) is 0 Å². The van der Waals surface area contributed by atoms with Crippen LogP contribution in [0.15, 0.2) is 37.2 Å². The Bertz CT molecular complexity index is 187. The van der Waals surface area contributed by atoms with Crippen LogP contribution < -0.4 is 5.73 Å². The lowest BCUT2D eigenvalue weighted by Crippen LogP contribution is -2.30. The van der Waals surface area contributed by atoms with Gasteiger partial charge in [-0.05, 0) is 6.92 Å². The van der Waals surface area contributed by atoms with Crippen molar-refractivity contribution in [2.75, 3.05) is 0 Å². The Morgan fingerprint density at radius 2 is 1.77 bits per heavy atom. The molecule has 0 rings (SSSR count). The van der Waals surface area contributed by atoms with Gasteiger partial charge in [-0.3, -0.25) is 0 Å². The van der Waals surface area contributed by atoms with Crippen molar-refractivity contribution < 1.29 is 13.2 Å². The Morgan fingerprint density at radius 3 is 1.85 bits per heavy atom. The molecule has 1 atom stereocenters. The molecule has 0 fully saturated rings. The SMILES string of the molecule is C=C.C=C(F)/C(=C\C)C(N)C(F)F. The maximum Gasteiger partial charge on any atom is 0.257 e. The van der Waals surface area contributed by atoms with Crippen molar-refractivity contribution in [2.24, 2.45) is 5.73 Å². The van der Waals surface area contributed by atoms with Crippen molar-refractivity contribution in [3.05, 3.63) is 37.2 Å². The molecule has 4 heteroatoms. The number of hydrogen-bond acceptors (Lipinski definition) is 1. The van der Waals surface area contributed by atoms with Gasteiger partial charge in [-0.25, -0.2) is 13.2 Å². The van der Waals surface area contributed by atoms with E-state index >= 15 is 0 Å². The van der Waals surface area contributed by atoms with Crippen LogP contribution in [0.4, 0.5) is 13.2 Å². The molecule has 0 aromatic carbocycles. The molecule has 1 unspecified atom stereocenters. The normalized spacial score (nSPS) is 13.2. The second-order valence-electron chi connectivity index (χ2n) is 2.01. The predicted molar refractivity (Wildman–Crippen MR) is 49.2 cm³/mol. The minimum atomic E-state index is -2.76. The topological polar surface area (TPSA) is 26.0 Å². The molecule has 0 heterocycles. The number of halogens is 3. The van der Waals surface area contributed by atoms with Crippen LogP contribution in [0, 0.1) is 0 Å². The zero-order valence-electron chi connectivity index (χ0n) is 7.56. The van der Waals surface area contributed by atoms with Crippen molar-refractivity contribution in [1.82, 2.24) is 0 Å². The van der Waals surface area contributed by atoms with Gasteiger partial charge in [0.05, 0.1) is 6.04 Å². The fourth-order valence-electron chi connectivity index (χ4n) is 0.666. The van der Waals surface area contributed by atoms with Crippen LogP contribution in [0.3, 0.4) is 0 Å². The molecule has 0 spiro atoms. The molecule has 0 amide bonds. The van der Waals surface area contributed by atoms with Crippen molar-refractivity contribution in [3.8, 4) is 0 Å². The van der Waals surface area contributed by atoms with Gasteiger partial charge in [-0.1, -0.05) is 12.7 Å². The van der Waals surface area contributed by atoms with Gasteiger partial charge in [-0.15, -0.1) is 13.2 Å². The fraction of sp³-hybridized carbons (Fsp3) is 0.333. The van der Waals surface area contributed by atoms with Crippen LogP contribution in [0.25, 0.3) is 0 Å². The van der Waals surface area contributed by atoms with E-state index in [0.717, 1.165) is 0 Å². The Labute approximate surface area is 76.4 Å². The van der Waals surface area contributed by atoms with Crippen LogP contribution in [0.5, 0.6) is 0 Å². The number of alkyl halides is 2. The highest BCUT2D eigenvalue weighted by Gasteiger charge is 2.21. The van der Waals surface area contributed by atoms with Gasteiger partial charge in [-0.2, -0.15) is 0 Å². The Balaban J connectivity index is 0. The predicted octanol–water partition coefficient (Wildman–Crippen LogP) is 2.81. The molecule has 0 saturated heterocycles. The summed E-state index contributed by atoms with van der Waals surface area (Å²) in [4.78, 5) is 0. The molecule has 0 aliphatic heterocycles. The zero-order chi connectivity index (χ0) is 11.0. The molecule has 0 saturated carbocycles. The number of rotatable bonds is 3. The summed E-state index contributed by atoms with van der Waals surface area (Å²) in [7, 11) is 0. The van der Waals surface area contributed by atoms with Gasteiger partial charge in [0.25, 0.3) is 6.43 Å². The van der Waals surface area contributed by atoms with E-state index in [9.17, 15) is 13.2 Å². The number of nitrogens with two attached hydrogens (primary N) is 1. The average Bonchev–Trinajstić information content (AvgIpc) is 2.08. The first kappa shape index (κ1) is 14.5. The highest BCUT2D eigenvalue weighted by Crippen LogP contribution is 2.16. The molecule has 13 heavy (non-hydrogen) atoms. The van der Waals surface area contributed by atoms with Gasteiger partial charge < -0.3 is 5.73 Å². The third kappa shape index (κ3) is 5.25. The molecule has 0 aromatic rings. The summed E-state index contributed by atoms with van der Waals surface area (Å²) in [6.07, 6.45) is -1.56. The van der Waals surface area contributed by atoms with Crippen LogP contribution >= 0.6 is 0 Å². The molecule has 0 aliphatic carbocycles. The van der Waals surface area contributed by atoms with Crippen LogP contribution in [-0.2, 0) is 0 Å². The maximum atomic E-state index is 12.3. The third-order valence-corrected chi connectivity index (χ3v) is 1.25. The lowest BCUT2D eigenvalue weighted by Gasteiger charge is -2.11. The van der Waals surface area contributed by atoms with Gasteiger partial charge in [0.15, 0.2) is 0 Å². The molecule has 0 bridgehead atoms. The van der Waals surface area contributed by atoms with Crippen molar-refractivity contribution in [3.63, 3.8) is 0 Å². The first-order chi connectivity index (χ1) is 6.00. The summed E-state index contributed by atoms with van der Waals surface area (Å²) in [5.41, 5.74) is 4.72. The van der Waals surface area contributed by atoms with Crippen LogP contribution in [-0.4, -0.2) is 12.5 Å². The van der Waals surface area contributed by atoms with Crippen LogP contribution in [0.1, 0.15) is 6.92 Å². The summed E-state index contributed by atoms with van der Waals surface area (Å²) in [6.45, 7) is 10.3. The van der Waals surface area contributed by atoms with Gasteiger partial charge in [0.2, 0.25) is 0 Å². The fourth-order valence-corrected chi connectivity index (χ4v) is 0.666. The van der Waals surface area contributed by atoms with E-state index in [1.54, 1.807) is 0 Å². The summed E-state index contributed by atoms with van der Waals surface area (Å²) >= 11 is 0. The van der Waals surface area contributed by atoms with Crippen molar-refractivity contribution in [2.45, 2.75) is 19.4 Å². The van der Waals surface area contributed by atoms with Gasteiger partial charge in [0.1, 0.15) is 5.83 Å². The molecule has 76 valence electrons. The maximum absolute atomic E-state index is 12.3. The molecule has 2 N–H and O–H groups in total. The van der Waals surface area contributed by atoms with Gasteiger partial charge >= 0.3 is 0 Å². The highest BCUT2D eigenvalue weighted by atomic mass is 19.3. The monoisotopic (exact) mass is 193 g/mol. The van der Waals surface area contributed by atoms with Crippen molar-refractivity contribution >= 4 is 0 Å². The third-order valence-electron chi connectivity index (χ3n) is 1.25. The first-order valence-electron chi connectivity index (χ1n) is 3.55. The highest BCUT2D eigenvalue weighted by molar-refractivity contribution is 5.27. The molecular formula is C9H14F3N. The summed E-state index contributed by atoms with van der Waals surface area (Å²) < 4.78 is 36.0. The second kappa shape index (κ2) is 7.61. The van der Waals surface area contributed by atoms with E-state index < -0.39 is 18.3 Å². The molecule has 1 nitrogen and oxygen atoms in total. The summed E-state index contributed by atoms with van der Waals surface area (Å²) in [5.74, 6) is -0.902. The molecular weight excluding hydrogens is 179 g/mol. The number of hydrogen-bond donors (Lipinski definition) is 1. The van der Waals surface area contributed by atoms with E-state index in [1.807, 2.05) is 0 Å². The van der Waals surface area contributed by atoms with E-state index in [-0.39, 0.29) is 5.57 Å². The smallest absolute Gasteiger partial charge is 0.257 e. The molecule has 0 aromatic heterocycles. The van der Waals surface area contributed by atoms with E-state index in [1.165, 1.54) is 13.0 Å². The minimum absolute atomic E-state index is 0.236. The summed E-state index contributed by atoms with van der Waals surface area (Å²) in [5, 5.41) is 0. The van der Waals surface area contributed by atoms with E-state index in [0.29, 0.717) is 0 Å². The Kier molecular flexibility index (Phi) is 8.48.